The number of piperidine rings is 1. The topological polar surface area (TPSA) is 69.6 Å². The van der Waals surface area contributed by atoms with Crippen molar-refractivity contribution in [2.75, 3.05) is 37.6 Å². The van der Waals surface area contributed by atoms with Gasteiger partial charge in [0.1, 0.15) is 17.0 Å². The zero-order valence-electron chi connectivity index (χ0n) is 19.7. The molecular formula is C23H28BF3N5O2S2. The van der Waals surface area contributed by atoms with E-state index in [4.69, 9.17) is 0 Å². The first-order valence-electron chi connectivity index (χ1n) is 12.1. The van der Waals surface area contributed by atoms with E-state index < -0.39 is 12.6 Å². The highest BCUT2D eigenvalue weighted by atomic mass is 32.1. The highest BCUT2D eigenvalue weighted by molar-refractivity contribution is 7.59. The Balaban J connectivity index is 0.00000267. The Morgan fingerprint density at radius 3 is 2.72 bits per heavy atom. The van der Waals surface area contributed by atoms with Crippen LogP contribution in [0.4, 0.5) is 19.0 Å². The van der Waals surface area contributed by atoms with Crippen molar-refractivity contribution in [1.29, 1.82) is 0 Å². The third-order valence-electron chi connectivity index (χ3n) is 8.19. The third kappa shape index (κ3) is 4.85. The van der Waals surface area contributed by atoms with Crippen LogP contribution in [-0.2, 0) is 16.0 Å². The van der Waals surface area contributed by atoms with Gasteiger partial charge in [-0.25, -0.2) is 9.97 Å². The molecule has 1 radical (unpaired) electrons. The Hall–Kier alpha value is -1.86. The van der Waals surface area contributed by atoms with Gasteiger partial charge >= 0.3 is 6.18 Å². The molecule has 3 aliphatic heterocycles. The molecule has 0 aromatic carbocycles. The minimum atomic E-state index is -4.26. The zero-order chi connectivity index (χ0) is 24.4. The van der Waals surface area contributed by atoms with E-state index in [1.807, 2.05) is 9.71 Å². The van der Waals surface area contributed by atoms with Crippen LogP contribution in [0.5, 0.6) is 0 Å². The number of aromatic nitrogens is 2. The van der Waals surface area contributed by atoms with Crippen molar-refractivity contribution in [2.45, 2.75) is 44.3 Å². The molecule has 0 N–H and O–H groups in total. The number of hydrogen-bond acceptors (Lipinski definition) is 7. The van der Waals surface area contributed by atoms with Crippen LogP contribution in [0.15, 0.2) is 12.4 Å². The van der Waals surface area contributed by atoms with Gasteiger partial charge < -0.3 is 19.4 Å². The van der Waals surface area contributed by atoms with Crippen LogP contribution in [0, 0.1) is 17.3 Å². The summed E-state index contributed by atoms with van der Waals surface area (Å²) in [6.07, 6.45) is 0.941. The lowest BCUT2D eigenvalue weighted by atomic mass is 9.87. The average molecular weight is 538 g/mol. The van der Waals surface area contributed by atoms with E-state index in [0.29, 0.717) is 41.6 Å². The molecule has 2 aromatic rings. The van der Waals surface area contributed by atoms with Crippen LogP contribution in [0.2, 0.25) is 0 Å². The Kier molecular flexibility index (Phi) is 6.78. The Morgan fingerprint density at radius 1 is 1.22 bits per heavy atom. The smallest absolute Gasteiger partial charge is 0.355 e. The van der Waals surface area contributed by atoms with E-state index in [1.54, 1.807) is 6.07 Å². The van der Waals surface area contributed by atoms with Crippen LogP contribution in [-0.4, -0.2) is 84.1 Å². The van der Waals surface area contributed by atoms with Crippen LogP contribution < -0.4 is 4.90 Å². The largest absolute Gasteiger partial charge is 0.393 e. The number of rotatable bonds is 5. The summed E-state index contributed by atoms with van der Waals surface area (Å²) in [4.78, 5) is 40.1. The Morgan fingerprint density at radius 2 is 2.00 bits per heavy atom. The SMILES string of the molecule is O=C[B]N1CC2(CC2)C[C@H]1C(=O)N1CC[C@H]2CN(c3ncnc4sc(CC(F)(F)F)cc34)C[C@H]2C1.S. The van der Waals surface area contributed by atoms with Gasteiger partial charge in [0.25, 0.3) is 7.41 Å². The van der Waals surface area contributed by atoms with E-state index in [-0.39, 0.29) is 41.7 Å². The molecule has 4 fully saturated rings. The standard InChI is InChI=1S/C23H26BF3N5O2S.H2S/c25-23(26,27)6-16-5-17-19(28-13-29-20(17)35-16)31-8-14-1-4-30(9-15(14)10-31)21(34)18-7-22(2-3-22)11-32(18)24-12-33;/h5,12-15,18H,1-4,6-11H2;1H2/t14-,15+,18-;/m0./s1. The minimum Gasteiger partial charge on any atom is -0.355 e. The second-order valence-electron chi connectivity index (χ2n) is 10.6. The molecule has 1 aliphatic carbocycles. The summed E-state index contributed by atoms with van der Waals surface area (Å²) in [6, 6.07) is 1.32. The molecule has 36 heavy (non-hydrogen) atoms. The van der Waals surface area contributed by atoms with Crippen molar-refractivity contribution in [3.8, 4) is 0 Å². The molecule has 7 nitrogen and oxygen atoms in total. The monoisotopic (exact) mass is 538 g/mol. The van der Waals surface area contributed by atoms with E-state index in [2.05, 4.69) is 14.9 Å². The number of nitrogens with zero attached hydrogens (tertiary/aromatic N) is 5. The fourth-order valence-corrected chi connectivity index (χ4v) is 7.30. The third-order valence-corrected chi connectivity index (χ3v) is 9.23. The summed E-state index contributed by atoms with van der Waals surface area (Å²) in [5.41, 5.74) is 0.214. The number of thiophene rings is 1. The first-order chi connectivity index (χ1) is 16.7. The van der Waals surface area contributed by atoms with Crippen LogP contribution >= 0.6 is 24.8 Å². The van der Waals surface area contributed by atoms with Crippen molar-refractivity contribution in [2.24, 2.45) is 17.3 Å². The van der Waals surface area contributed by atoms with Gasteiger partial charge in [-0.05, 0) is 55.5 Å². The van der Waals surface area contributed by atoms with E-state index >= 15 is 0 Å². The second kappa shape index (κ2) is 9.47. The summed E-state index contributed by atoms with van der Waals surface area (Å²) in [6.45, 7) is 3.64. The summed E-state index contributed by atoms with van der Waals surface area (Å²) in [5, 5.41) is 0.670. The predicted octanol–water partition coefficient (Wildman–Crippen LogP) is 2.86. The molecule has 2 aromatic heterocycles. The molecule has 0 bridgehead atoms. The van der Waals surface area contributed by atoms with E-state index in [9.17, 15) is 22.8 Å². The molecule has 6 rings (SSSR count). The number of fused-ring (bicyclic) bond motifs is 2. The number of carbonyl (C=O) groups excluding carboxylic acids is 2. The maximum atomic E-state index is 13.5. The van der Waals surface area contributed by atoms with Gasteiger partial charge in [-0.3, -0.25) is 4.79 Å². The molecular weight excluding hydrogens is 510 g/mol. The first kappa shape index (κ1) is 25.8. The lowest BCUT2D eigenvalue weighted by Crippen LogP contribution is -2.51. The minimum absolute atomic E-state index is 0. The zero-order valence-corrected chi connectivity index (χ0v) is 21.5. The molecule has 3 atom stereocenters. The van der Waals surface area contributed by atoms with Gasteiger partial charge in [0.05, 0.1) is 24.0 Å². The second-order valence-corrected chi connectivity index (χ2v) is 11.7. The van der Waals surface area contributed by atoms with Crippen LogP contribution in [0.25, 0.3) is 10.2 Å². The molecule has 4 aliphatic rings. The van der Waals surface area contributed by atoms with Crippen molar-refractivity contribution in [1.82, 2.24) is 19.7 Å². The van der Waals surface area contributed by atoms with E-state index in [1.165, 1.54) is 13.7 Å². The summed E-state index contributed by atoms with van der Waals surface area (Å²) in [7, 11) is 1.52. The van der Waals surface area contributed by atoms with Gasteiger partial charge in [0.2, 0.25) is 5.91 Å². The summed E-state index contributed by atoms with van der Waals surface area (Å²) < 4.78 is 38.7. The van der Waals surface area contributed by atoms with Gasteiger partial charge in [-0.15, -0.1) is 11.3 Å². The summed E-state index contributed by atoms with van der Waals surface area (Å²) >= 11 is 1.07. The highest BCUT2D eigenvalue weighted by Gasteiger charge is 2.54. The van der Waals surface area contributed by atoms with Gasteiger partial charge in [0.15, 0.2) is 0 Å². The maximum Gasteiger partial charge on any atom is 0.393 e. The predicted molar refractivity (Wildman–Crippen MR) is 137 cm³/mol. The number of halogens is 3. The Labute approximate surface area is 219 Å². The fourth-order valence-electron chi connectivity index (χ4n) is 6.27. The molecule has 1 saturated carbocycles. The van der Waals surface area contributed by atoms with Crippen molar-refractivity contribution in [3.05, 3.63) is 17.3 Å². The number of alkyl halides is 3. The molecule has 1 amide bonds. The van der Waals surface area contributed by atoms with Crippen molar-refractivity contribution < 1.29 is 22.8 Å². The highest BCUT2D eigenvalue weighted by Crippen LogP contribution is 2.54. The number of hydrogen-bond donors (Lipinski definition) is 0. The van der Waals surface area contributed by atoms with Gasteiger partial charge in [0, 0.05) is 31.1 Å². The van der Waals surface area contributed by atoms with Crippen molar-refractivity contribution in [3.63, 3.8) is 0 Å². The number of anilines is 1. The number of amides is 1. The molecule has 193 valence electrons. The van der Waals surface area contributed by atoms with Crippen molar-refractivity contribution >= 4 is 60.4 Å². The average Bonchev–Trinajstić information content (AvgIpc) is 3.12. The molecule has 0 unspecified atom stereocenters. The fraction of sp³-hybridized carbons (Fsp3) is 0.652. The first-order valence-corrected chi connectivity index (χ1v) is 12.9. The molecule has 1 spiro atoms. The lowest BCUT2D eigenvalue weighted by Gasteiger charge is -2.37. The molecule has 3 saturated heterocycles. The van der Waals surface area contributed by atoms with Gasteiger partial charge in [-0.2, -0.15) is 26.7 Å². The maximum absolute atomic E-state index is 13.5. The van der Waals surface area contributed by atoms with Crippen LogP contribution in [0.1, 0.15) is 30.6 Å². The quantitative estimate of drug-likeness (QED) is 0.431. The van der Waals surface area contributed by atoms with Crippen LogP contribution in [0.3, 0.4) is 0 Å². The molecule has 13 heteroatoms. The number of carbonyl (C=O) groups is 2. The van der Waals surface area contributed by atoms with Gasteiger partial charge in [-0.1, -0.05) is 0 Å². The lowest BCUT2D eigenvalue weighted by molar-refractivity contribution is -0.137. The summed E-state index contributed by atoms with van der Waals surface area (Å²) in [5.74, 6) is 1.49. The number of likely N-dealkylation sites (tertiary alicyclic amines) is 1. The normalized spacial score (nSPS) is 27.2. The van der Waals surface area contributed by atoms with E-state index in [0.717, 1.165) is 56.3 Å². The molecule has 5 heterocycles. The Bertz CT molecular complexity index is 1160.